The molecule has 152 valence electrons. The SMILES string of the molecule is CCCS(=O)(=O)Nc1ccc(NC(=O)c2cccc(S(=O)(=O)NCC)c2)cc1. The van der Waals surface area contributed by atoms with Crippen LogP contribution in [0.4, 0.5) is 11.4 Å². The summed E-state index contributed by atoms with van der Waals surface area (Å²) in [7, 11) is -7.05. The van der Waals surface area contributed by atoms with Gasteiger partial charge >= 0.3 is 0 Å². The second kappa shape index (κ2) is 9.18. The van der Waals surface area contributed by atoms with Crippen molar-refractivity contribution in [2.24, 2.45) is 0 Å². The van der Waals surface area contributed by atoms with E-state index in [1.807, 2.05) is 0 Å². The maximum atomic E-state index is 12.4. The number of amides is 1. The minimum absolute atomic E-state index is 0.00248. The molecule has 0 aliphatic heterocycles. The van der Waals surface area contributed by atoms with E-state index in [0.717, 1.165) is 0 Å². The van der Waals surface area contributed by atoms with Crippen molar-refractivity contribution in [2.75, 3.05) is 22.3 Å². The topological polar surface area (TPSA) is 121 Å². The van der Waals surface area contributed by atoms with Gasteiger partial charge in [0.1, 0.15) is 0 Å². The molecule has 3 N–H and O–H groups in total. The van der Waals surface area contributed by atoms with Crippen LogP contribution in [0.15, 0.2) is 53.4 Å². The monoisotopic (exact) mass is 425 g/mol. The van der Waals surface area contributed by atoms with Gasteiger partial charge in [-0.3, -0.25) is 9.52 Å². The molecule has 0 saturated carbocycles. The van der Waals surface area contributed by atoms with Gasteiger partial charge in [0.25, 0.3) is 5.91 Å². The summed E-state index contributed by atoms with van der Waals surface area (Å²) in [5.74, 6) is -0.453. The molecular weight excluding hydrogens is 402 g/mol. The number of nitrogens with one attached hydrogen (secondary N) is 3. The molecule has 0 aliphatic rings. The first-order chi connectivity index (χ1) is 13.2. The van der Waals surface area contributed by atoms with Gasteiger partial charge in [0.15, 0.2) is 0 Å². The van der Waals surface area contributed by atoms with Gasteiger partial charge in [-0.2, -0.15) is 0 Å². The Morgan fingerprint density at radius 3 is 2.18 bits per heavy atom. The summed E-state index contributed by atoms with van der Waals surface area (Å²) in [5, 5.41) is 2.65. The smallest absolute Gasteiger partial charge is 0.255 e. The number of carbonyl (C=O) groups excluding carboxylic acids is 1. The first-order valence-electron chi connectivity index (χ1n) is 8.68. The number of carbonyl (C=O) groups is 1. The number of rotatable bonds is 9. The summed E-state index contributed by atoms with van der Waals surface area (Å²) in [6, 6.07) is 11.9. The Morgan fingerprint density at radius 1 is 0.929 bits per heavy atom. The lowest BCUT2D eigenvalue weighted by Gasteiger charge is -2.10. The van der Waals surface area contributed by atoms with E-state index in [2.05, 4.69) is 14.8 Å². The first kappa shape index (κ1) is 21.9. The minimum Gasteiger partial charge on any atom is -0.322 e. The predicted octanol–water partition coefficient (Wildman–Crippen LogP) is 2.39. The van der Waals surface area contributed by atoms with Crippen LogP contribution in [0.1, 0.15) is 30.6 Å². The van der Waals surface area contributed by atoms with E-state index in [1.54, 1.807) is 26.0 Å². The number of sulfonamides is 2. The Kier molecular flexibility index (Phi) is 7.17. The van der Waals surface area contributed by atoms with Crippen LogP contribution in [0.5, 0.6) is 0 Å². The van der Waals surface area contributed by atoms with Crippen LogP contribution in [0.3, 0.4) is 0 Å². The molecule has 2 rings (SSSR count). The van der Waals surface area contributed by atoms with Crippen LogP contribution >= 0.6 is 0 Å². The van der Waals surface area contributed by atoms with Crippen LogP contribution in [0.2, 0.25) is 0 Å². The van der Waals surface area contributed by atoms with Gasteiger partial charge in [-0.25, -0.2) is 21.6 Å². The molecule has 0 aliphatic carbocycles. The Morgan fingerprint density at radius 2 is 1.57 bits per heavy atom. The molecule has 0 fully saturated rings. The maximum absolute atomic E-state index is 12.4. The Bertz CT molecular complexity index is 1030. The number of benzene rings is 2. The summed E-state index contributed by atoms with van der Waals surface area (Å²) in [6.07, 6.45) is 0.506. The summed E-state index contributed by atoms with van der Waals surface area (Å²) in [4.78, 5) is 12.4. The van der Waals surface area contributed by atoms with E-state index in [4.69, 9.17) is 0 Å². The zero-order valence-electron chi connectivity index (χ0n) is 15.6. The van der Waals surface area contributed by atoms with E-state index >= 15 is 0 Å². The number of anilines is 2. The third kappa shape index (κ3) is 6.04. The van der Waals surface area contributed by atoms with Crippen molar-refractivity contribution in [1.82, 2.24) is 4.72 Å². The van der Waals surface area contributed by atoms with Gasteiger partial charge < -0.3 is 5.32 Å². The molecule has 0 bridgehead atoms. The van der Waals surface area contributed by atoms with E-state index in [0.29, 0.717) is 17.8 Å². The van der Waals surface area contributed by atoms with Gasteiger partial charge in [-0.1, -0.05) is 19.9 Å². The molecule has 10 heteroatoms. The summed E-state index contributed by atoms with van der Waals surface area (Å²) < 4.78 is 52.5. The third-order valence-electron chi connectivity index (χ3n) is 3.63. The zero-order chi connectivity index (χ0) is 20.8. The molecule has 0 saturated heterocycles. The van der Waals surface area contributed by atoms with Crippen molar-refractivity contribution in [3.05, 3.63) is 54.1 Å². The van der Waals surface area contributed by atoms with Crippen LogP contribution in [-0.4, -0.2) is 35.0 Å². The van der Waals surface area contributed by atoms with Gasteiger partial charge in [0, 0.05) is 23.5 Å². The molecular formula is C18H23N3O5S2. The number of hydrogen-bond donors (Lipinski definition) is 3. The molecule has 2 aromatic carbocycles. The normalized spacial score (nSPS) is 11.8. The number of hydrogen-bond acceptors (Lipinski definition) is 5. The van der Waals surface area contributed by atoms with E-state index in [9.17, 15) is 21.6 Å². The van der Waals surface area contributed by atoms with Crippen molar-refractivity contribution in [3.8, 4) is 0 Å². The van der Waals surface area contributed by atoms with Gasteiger partial charge in [0.05, 0.1) is 10.6 Å². The fraction of sp³-hybridized carbons (Fsp3) is 0.278. The predicted molar refractivity (Wildman–Crippen MR) is 109 cm³/mol. The molecule has 1 amide bonds. The highest BCUT2D eigenvalue weighted by molar-refractivity contribution is 7.92. The fourth-order valence-electron chi connectivity index (χ4n) is 2.40. The highest BCUT2D eigenvalue weighted by Gasteiger charge is 2.15. The quantitative estimate of drug-likeness (QED) is 0.569. The summed E-state index contributed by atoms with van der Waals surface area (Å²) >= 11 is 0. The Balaban J connectivity index is 2.11. The van der Waals surface area contributed by atoms with Crippen LogP contribution in [-0.2, 0) is 20.0 Å². The van der Waals surface area contributed by atoms with Gasteiger partial charge in [-0.15, -0.1) is 0 Å². The highest BCUT2D eigenvalue weighted by atomic mass is 32.2. The van der Waals surface area contributed by atoms with Crippen molar-refractivity contribution < 1.29 is 21.6 Å². The lowest BCUT2D eigenvalue weighted by Crippen LogP contribution is -2.23. The molecule has 28 heavy (non-hydrogen) atoms. The second-order valence-corrected chi connectivity index (χ2v) is 9.59. The summed E-state index contributed by atoms with van der Waals surface area (Å²) in [6.45, 7) is 3.68. The van der Waals surface area contributed by atoms with Crippen molar-refractivity contribution >= 4 is 37.3 Å². The maximum Gasteiger partial charge on any atom is 0.255 e. The van der Waals surface area contributed by atoms with Crippen molar-refractivity contribution in [2.45, 2.75) is 25.2 Å². The van der Waals surface area contributed by atoms with Gasteiger partial charge in [-0.05, 0) is 48.9 Å². The average Bonchev–Trinajstić information content (AvgIpc) is 2.63. The third-order valence-corrected chi connectivity index (χ3v) is 6.67. The van der Waals surface area contributed by atoms with E-state index in [1.165, 1.54) is 36.4 Å². The Hall–Kier alpha value is -2.43. The molecule has 0 heterocycles. The van der Waals surface area contributed by atoms with E-state index in [-0.39, 0.29) is 22.8 Å². The minimum atomic E-state index is -3.66. The molecule has 2 aromatic rings. The fourth-order valence-corrected chi connectivity index (χ4v) is 4.62. The lowest BCUT2D eigenvalue weighted by molar-refractivity contribution is 0.102. The highest BCUT2D eigenvalue weighted by Crippen LogP contribution is 2.17. The van der Waals surface area contributed by atoms with Crippen LogP contribution < -0.4 is 14.8 Å². The van der Waals surface area contributed by atoms with Crippen molar-refractivity contribution in [3.63, 3.8) is 0 Å². The van der Waals surface area contributed by atoms with Crippen LogP contribution in [0, 0.1) is 0 Å². The molecule has 0 aromatic heterocycles. The molecule has 0 radical (unpaired) electrons. The Labute approximate surface area is 165 Å². The van der Waals surface area contributed by atoms with Crippen molar-refractivity contribution in [1.29, 1.82) is 0 Å². The lowest BCUT2D eigenvalue weighted by atomic mass is 10.2. The summed E-state index contributed by atoms with van der Waals surface area (Å²) in [5.41, 5.74) is 1.03. The molecule has 8 nitrogen and oxygen atoms in total. The van der Waals surface area contributed by atoms with Gasteiger partial charge in [0.2, 0.25) is 20.0 Å². The molecule has 0 unspecified atom stereocenters. The van der Waals surface area contributed by atoms with E-state index < -0.39 is 26.0 Å². The zero-order valence-corrected chi connectivity index (χ0v) is 17.2. The largest absolute Gasteiger partial charge is 0.322 e. The average molecular weight is 426 g/mol. The first-order valence-corrected chi connectivity index (χ1v) is 11.8. The molecule has 0 atom stereocenters. The second-order valence-electron chi connectivity index (χ2n) is 5.98. The van der Waals surface area contributed by atoms with Crippen LogP contribution in [0.25, 0.3) is 0 Å². The standard InChI is InChI=1S/C18H23N3O5S2/c1-3-12-27(23,24)21-16-10-8-15(9-11-16)20-18(22)14-6-5-7-17(13-14)28(25,26)19-4-2/h5-11,13,19,21H,3-4,12H2,1-2H3,(H,20,22). The molecule has 0 spiro atoms.